The summed E-state index contributed by atoms with van der Waals surface area (Å²) in [6, 6.07) is 6.57. The van der Waals surface area contributed by atoms with Crippen molar-refractivity contribution in [1.29, 1.82) is 0 Å². The van der Waals surface area contributed by atoms with Gasteiger partial charge in [0.2, 0.25) is 12.3 Å². The molecular formula is C35H46N2O6. The van der Waals surface area contributed by atoms with Crippen LogP contribution in [0.15, 0.2) is 89.1 Å². The third-order valence-corrected chi connectivity index (χ3v) is 7.80. The lowest BCUT2D eigenvalue weighted by Gasteiger charge is -2.32. The van der Waals surface area contributed by atoms with E-state index in [1.165, 1.54) is 31.1 Å². The molecule has 43 heavy (non-hydrogen) atoms. The first-order valence-corrected chi connectivity index (χ1v) is 14.6. The summed E-state index contributed by atoms with van der Waals surface area (Å²) in [6.45, 7) is 10.6. The molecule has 1 aliphatic carbocycles. The van der Waals surface area contributed by atoms with E-state index in [-0.39, 0.29) is 24.7 Å². The second-order valence-electron chi connectivity index (χ2n) is 11.7. The number of benzene rings is 1. The van der Waals surface area contributed by atoms with Crippen LogP contribution in [0.3, 0.4) is 0 Å². The molecular weight excluding hydrogens is 544 g/mol. The average Bonchev–Trinajstić information content (AvgIpc) is 2.95. The van der Waals surface area contributed by atoms with Crippen molar-refractivity contribution in [2.24, 2.45) is 11.3 Å². The molecule has 0 aliphatic heterocycles. The van der Waals surface area contributed by atoms with Crippen molar-refractivity contribution in [3.05, 3.63) is 94.6 Å². The summed E-state index contributed by atoms with van der Waals surface area (Å²) < 4.78 is 4.84. The van der Waals surface area contributed by atoms with E-state index in [2.05, 4.69) is 43.6 Å². The lowest BCUT2D eigenvalue weighted by atomic mass is 9.72. The summed E-state index contributed by atoms with van der Waals surface area (Å²) >= 11 is 0. The molecule has 0 spiro atoms. The van der Waals surface area contributed by atoms with Gasteiger partial charge in [0.05, 0.1) is 13.0 Å². The van der Waals surface area contributed by atoms with E-state index < -0.39 is 35.8 Å². The first kappa shape index (κ1) is 35.0. The number of amides is 2. The van der Waals surface area contributed by atoms with Crippen LogP contribution < -0.4 is 10.6 Å². The van der Waals surface area contributed by atoms with E-state index in [4.69, 9.17) is 4.74 Å². The molecule has 8 heteroatoms. The molecule has 1 aromatic carbocycles. The van der Waals surface area contributed by atoms with Gasteiger partial charge in [0.15, 0.2) is 0 Å². The van der Waals surface area contributed by atoms with Crippen LogP contribution in [0, 0.1) is 11.3 Å². The van der Waals surface area contributed by atoms with E-state index in [0.717, 1.165) is 23.1 Å². The topological polar surface area (TPSA) is 122 Å². The Balaban J connectivity index is 2.13. The Bertz CT molecular complexity index is 1290. The number of hydrogen-bond acceptors (Lipinski definition) is 5. The highest BCUT2D eigenvalue weighted by molar-refractivity contribution is 5.92. The lowest BCUT2D eigenvalue weighted by Crippen LogP contribution is -2.55. The van der Waals surface area contributed by atoms with Crippen LogP contribution in [0.5, 0.6) is 0 Å². The Labute approximate surface area is 255 Å². The molecule has 2 unspecified atom stereocenters. The zero-order valence-corrected chi connectivity index (χ0v) is 26.2. The predicted octanol–water partition coefficient (Wildman–Crippen LogP) is 5.62. The molecule has 0 fully saturated rings. The maximum atomic E-state index is 13.2. The van der Waals surface area contributed by atoms with Gasteiger partial charge in [-0.05, 0) is 63.0 Å². The van der Waals surface area contributed by atoms with Gasteiger partial charge in [0, 0.05) is 6.42 Å². The number of esters is 1. The van der Waals surface area contributed by atoms with Crippen molar-refractivity contribution >= 4 is 24.3 Å². The SMILES string of the molecule is COC(=O)C(Cc1ccccc1)NC(=O)[C@@H](NC=O)C(CC=C(C)C=CC=C(C)C=CC1=C(C)CCCC1(C)C)C(=O)O. The van der Waals surface area contributed by atoms with Crippen molar-refractivity contribution in [1.82, 2.24) is 10.6 Å². The average molecular weight is 591 g/mol. The van der Waals surface area contributed by atoms with Crippen LogP contribution in [0.1, 0.15) is 65.9 Å². The fraction of sp³-hybridized carbons (Fsp3) is 0.429. The number of carbonyl (C=O) groups is 4. The van der Waals surface area contributed by atoms with Crippen LogP contribution in [0.2, 0.25) is 0 Å². The Morgan fingerprint density at radius 2 is 1.79 bits per heavy atom. The maximum absolute atomic E-state index is 13.2. The molecule has 3 N–H and O–H groups in total. The predicted molar refractivity (Wildman–Crippen MR) is 169 cm³/mol. The molecule has 0 bridgehead atoms. The molecule has 3 atom stereocenters. The smallest absolute Gasteiger partial charge is 0.328 e. The van der Waals surface area contributed by atoms with Gasteiger partial charge in [-0.25, -0.2) is 4.79 Å². The van der Waals surface area contributed by atoms with Gasteiger partial charge in [-0.15, -0.1) is 0 Å². The van der Waals surface area contributed by atoms with Crippen LogP contribution in [-0.4, -0.2) is 48.6 Å². The van der Waals surface area contributed by atoms with Crippen molar-refractivity contribution in [3.63, 3.8) is 0 Å². The van der Waals surface area contributed by atoms with Gasteiger partial charge < -0.3 is 20.5 Å². The number of carboxylic acids is 1. The summed E-state index contributed by atoms with van der Waals surface area (Å²) in [5.41, 5.74) is 5.67. The summed E-state index contributed by atoms with van der Waals surface area (Å²) in [5.74, 6) is -3.98. The zero-order chi connectivity index (χ0) is 32.0. The number of ether oxygens (including phenoxy) is 1. The van der Waals surface area contributed by atoms with E-state index >= 15 is 0 Å². The van der Waals surface area contributed by atoms with E-state index in [1.807, 2.05) is 38.1 Å². The quantitative estimate of drug-likeness (QED) is 0.138. The molecule has 2 rings (SSSR count). The third kappa shape index (κ3) is 11.2. The molecule has 0 radical (unpaired) electrons. The first-order valence-electron chi connectivity index (χ1n) is 14.6. The Kier molecular flexibility index (Phi) is 13.9. The molecule has 8 nitrogen and oxygen atoms in total. The Morgan fingerprint density at radius 1 is 1.09 bits per heavy atom. The van der Waals surface area contributed by atoms with Gasteiger partial charge in [-0.1, -0.05) is 97.4 Å². The molecule has 0 saturated carbocycles. The van der Waals surface area contributed by atoms with E-state index in [1.54, 1.807) is 30.3 Å². The number of hydrogen-bond donors (Lipinski definition) is 3. The molecule has 0 saturated heterocycles. The summed E-state index contributed by atoms with van der Waals surface area (Å²) in [6.07, 6.45) is 15.7. The summed E-state index contributed by atoms with van der Waals surface area (Å²) in [4.78, 5) is 49.1. The summed E-state index contributed by atoms with van der Waals surface area (Å²) in [5, 5.41) is 14.8. The largest absolute Gasteiger partial charge is 0.481 e. The maximum Gasteiger partial charge on any atom is 0.328 e. The van der Waals surface area contributed by atoms with E-state index in [9.17, 15) is 24.3 Å². The fourth-order valence-electron chi connectivity index (χ4n) is 5.29. The number of carbonyl (C=O) groups excluding carboxylic acids is 3. The third-order valence-electron chi connectivity index (χ3n) is 7.80. The summed E-state index contributed by atoms with van der Waals surface area (Å²) in [7, 11) is 1.21. The number of rotatable bonds is 15. The second kappa shape index (κ2) is 17.0. The molecule has 1 aromatic rings. The van der Waals surface area contributed by atoms with Gasteiger partial charge in [-0.3, -0.25) is 14.4 Å². The van der Waals surface area contributed by atoms with Crippen LogP contribution in [0.25, 0.3) is 0 Å². The van der Waals surface area contributed by atoms with Gasteiger partial charge >= 0.3 is 11.9 Å². The Morgan fingerprint density at radius 3 is 2.40 bits per heavy atom. The number of nitrogens with one attached hydrogen (secondary N) is 2. The van der Waals surface area contributed by atoms with E-state index in [0.29, 0.717) is 0 Å². The van der Waals surface area contributed by atoms with Crippen molar-refractivity contribution < 1.29 is 29.0 Å². The molecule has 1 aliphatic rings. The Hall–Kier alpha value is -4.20. The van der Waals surface area contributed by atoms with Crippen molar-refractivity contribution in [3.8, 4) is 0 Å². The molecule has 2 amide bonds. The lowest BCUT2D eigenvalue weighted by molar-refractivity contribution is -0.147. The van der Waals surface area contributed by atoms with Crippen molar-refractivity contribution in [2.75, 3.05) is 7.11 Å². The minimum atomic E-state index is -1.40. The van der Waals surface area contributed by atoms with Crippen LogP contribution >= 0.6 is 0 Å². The number of aliphatic carboxylic acids is 1. The zero-order valence-electron chi connectivity index (χ0n) is 26.2. The van der Waals surface area contributed by atoms with Gasteiger partial charge in [0.1, 0.15) is 12.1 Å². The van der Waals surface area contributed by atoms with Crippen LogP contribution in [0.4, 0.5) is 0 Å². The standard InChI is InChI=1S/C35H46N2O6/c1-24(12-10-13-25(2)18-20-29-26(3)14-11-21-35(29,4)5)17-19-28(33(40)41)31(36-23-38)32(39)37-30(34(42)43-6)22-27-15-8-7-9-16-27/h7-10,12-13,15-18,20,23,28,30-31H,11,14,19,21-22H2,1-6H3,(H,36,38)(H,37,39)(H,40,41)/t28?,30?,31-/m0/s1. The fourth-order valence-corrected chi connectivity index (χ4v) is 5.29. The number of allylic oxidation sites excluding steroid dienone is 10. The van der Waals surface area contributed by atoms with Gasteiger partial charge in [0.25, 0.3) is 0 Å². The monoisotopic (exact) mass is 590 g/mol. The number of carboxylic acid groups (broad SMARTS) is 1. The second-order valence-corrected chi connectivity index (χ2v) is 11.7. The highest BCUT2D eigenvalue weighted by atomic mass is 16.5. The highest BCUT2D eigenvalue weighted by Crippen LogP contribution is 2.40. The van der Waals surface area contributed by atoms with Gasteiger partial charge in [-0.2, -0.15) is 0 Å². The number of methoxy groups -OCH3 is 1. The molecule has 0 aromatic heterocycles. The molecule has 232 valence electrons. The van der Waals surface area contributed by atoms with Crippen molar-refractivity contribution in [2.45, 2.75) is 78.8 Å². The normalized spacial score (nSPS) is 17.8. The first-order chi connectivity index (χ1) is 20.4. The highest BCUT2D eigenvalue weighted by Gasteiger charge is 2.35. The minimum Gasteiger partial charge on any atom is -0.481 e. The van der Waals surface area contributed by atoms with Crippen LogP contribution in [-0.2, 0) is 30.3 Å². The molecule has 0 heterocycles. The minimum absolute atomic E-state index is 0.0167.